The van der Waals surface area contributed by atoms with E-state index in [-0.39, 0.29) is 5.82 Å². The van der Waals surface area contributed by atoms with E-state index in [2.05, 4.69) is 41.5 Å². The third-order valence-corrected chi connectivity index (χ3v) is 6.30. The van der Waals surface area contributed by atoms with Crippen molar-refractivity contribution in [2.75, 3.05) is 16.4 Å². The number of anilines is 3. The van der Waals surface area contributed by atoms with Gasteiger partial charge in [-0.25, -0.2) is 15.0 Å². The normalized spacial score (nSPS) is 11.0. The molecular weight excluding hydrogens is 488 g/mol. The lowest BCUT2D eigenvalue weighted by Crippen LogP contribution is -2.18. The van der Waals surface area contributed by atoms with Crippen molar-refractivity contribution in [2.24, 2.45) is 0 Å². The molecule has 5 aromatic rings. The number of thiophene rings is 1. The van der Waals surface area contributed by atoms with Crippen molar-refractivity contribution >= 4 is 71.5 Å². The van der Waals surface area contributed by atoms with Crippen LogP contribution in [0.5, 0.6) is 0 Å². The number of hydrogen-bond acceptors (Lipinski definition) is 7. The first-order valence-electron chi connectivity index (χ1n) is 9.77. The number of fused-ring (bicyclic) bond motifs is 2. The first-order chi connectivity index (χ1) is 15.6. The summed E-state index contributed by atoms with van der Waals surface area (Å²) in [5.41, 5.74) is 8.42. The largest absolute Gasteiger partial charge is 0.382 e. The van der Waals surface area contributed by atoms with E-state index < -0.39 is 5.91 Å². The Labute approximate surface area is 195 Å². The van der Waals surface area contributed by atoms with Gasteiger partial charge < -0.3 is 16.4 Å². The third-order valence-electron chi connectivity index (χ3n) is 4.88. The van der Waals surface area contributed by atoms with Crippen LogP contribution < -0.4 is 16.4 Å². The van der Waals surface area contributed by atoms with Crippen molar-refractivity contribution in [3.63, 3.8) is 0 Å². The average molecular weight is 505 g/mol. The van der Waals surface area contributed by atoms with Crippen molar-refractivity contribution in [1.82, 2.24) is 15.0 Å². The highest BCUT2D eigenvalue weighted by Gasteiger charge is 2.15. The lowest BCUT2D eigenvalue weighted by atomic mass is 10.1. The highest BCUT2D eigenvalue weighted by atomic mass is 79.9. The number of nitrogens with one attached hydrogen (secondary N) is 2. The Kier molecular flexibility index (Phi) is 5.42. The summed E-state index contributed by atoms with van der Waals surface area (Å²) in [6.07, 6.45) is 0. The number of pyridine rings is 1. The molecule has 0 unspecified atom stereocenters. The lowest BCUT2D eigenvalue weighted by molar-refractivity contribution is 0.101. The van der Waals surface area contributed by atoms with Crippen LogP contribution in [0, 0.1) is 0 Å². The van der Waals surface area contributed by atoms with Gasteiger partial charge in [0.05, 0.1) is 22.5 Å². The van der Waals surface area contributed by atoms with Gasteiger partial charge in [0, 0.05) is 15.5 Å². The monoisotopic (exact) mass is 504 g/mol. The first kappa shape index (κ1) is 20.3. The Hall–Kier alpha value is -3.56. The van der Waals surface area contributed by atoms with E-state index in [0.717, 1.165) is 31.3 Å². The highest BCUT2D eigenvalue weighted by Crippen LogP contribution is 2.25. The van der Waals surface area contributed by atoms with Gasteiger partial charge in [-0.15, -0.1) is 11.3 Å². The molecule has 4 N–H and O–H groups in total. The maximum atomic E-state index is 12.8. The molecular formula is C23H17BrN6OS. The van der Waals surface area contributed by atoms with Crippen LogP contribution in [0.15, 0.2) is 70.5 Å². The zero-order valence-corrected chi connectivity index (χ0v) is 19.1. The number of nitrogen functional groups attached to an aromatic ring is 1. The molecule has 5 rings (SSSR count). The molecule has 3 aromatic heterocycles. The van der Waals surface area contributed by atoms with Crippen LogP contribution in [0.3, 0.4) is 0 Å². The maximum absolute atomic E-state index is 12.8. The number of nitrogens with two attached hydrogens (primary N) is 1. The summed E-state index contributed by atoms with van der Waals surface area (Å²) in [5.74, 6) is 0.267. The standard InChI is InChI=1S/C23H17BrN6OS/c24-14-5-3-6-15(11-14)26-12-18-16-7-2-1-4-13(16)10-19(27-18)29-23(31)22-28-17-8-9-32-20(17)21(25)30-22/h1-11,26H,12H2,(H2,25,28,30)(H,27,29,31). The summed E-state index contributed by atoms with van der Waals surface area (Å²) in [5, 5.41) is 10.1. The fraction of sp³-hybridized carbons (Fsp3) is 0.0435. The molecule has 32 heavy (non-hydrogen) atoms. The fourth-order valence-corrected chi connectivity index (χ4v) is 4.55. The number of hydrogen-bond donors (Lipinski definition) is 3. The smallest absolute Gasteiger partial charge is 0.294 e. The number of halogens is 1. The molecule has 3 heterocycles. The molecule has 0 fully saturated rings. The van der Waals surface area contributed by atoms with Crippen molar-refractivity contribution < 1.29 is 4.79 Å². The summed E-state index contributed by atoms with van der Waals surface area (Å²) in [6.45, 7) is 0.491. The molecule has 0 atom stereocenters. The molecule has 7 nitrogen and oxygen atoms in total. The first-order valence-corrected chi connectivity index (χ1v) is 11.4. The van der Waals surface area contributed by atoms with Gasteiger partial charge in [0.25, 0.3) is 5.91 Å². The van der Waals surface area contributed by atoms with Gasteiger partial charge >= 0.3 is 0 Å². The molecule has 0 radical (unpaired) electrons. The Morgan fingerprint density at radius 2 is 1.91 bits per heavy atom. The van der Waals surface area contributed by atoms with Gasteiger partial charge in [0.2, 0.25) is 5.82 Å². The second-order valence-electron chi connectivity index (χ2n) is 7.06. The predicted molar refractivity (Wildman–Crippen MR) is 133 cm³/mol. The lowest BCUT2D eigenvalue weighted by Gasteiger charge is -2.12. The number of nitrogens with zero attached hydrogens (tertiary/aromatic N) is 3. The summed E-state index contributed by atoms with van der Waals surface area (Å²) >= 11 is 4.93. The van der Waals surface area contributed by atoms with Gasteiger partial charge in [0.15, 0.2) is 0 Å². The number of carbonyl (C=O) groups excluding carboxylic acids is 1. The minimum atomic E-state index is -0.460. The molecule has 0 aliphatic heterocycles. The highest BCUT2D eigenvalue weighted by molar-refractivity contribution is 9.10. The molecule has 0 saturated carbocycles. The minimum absolute atomic E-state index is 0.0113. The quantitative estimate of drug-likeness (QED) is 0.294. The Morgan fingerprint density at radius 3 is 2.78 bits per heavy atom. The third kappa shape index (κ3) is 4.12. The maximum Gasteiger partial charge on any atom is 0.294 e. The molecule has 9 heteroatoms. The van der Waals surface area contributed by atoms with Crippen LogP contribution in [0.4, 0.5) is 17.3 Å². The molecule has 0 aliphatic rings. The zero-order chi connectivity index (χ0) is 22.1. The van der Waals surface area contributed by atoms with Crippen LogP contribution in [-0.4, -0.2) is 20.9 Å². The van der Waals surface area contributed by atoms with Crippen molar-refractivity contribution in [1.29, 1.82) is 0 Å². The molecule has 0 bridgehead atoms. The summed E-state index contributed by atoms with van der Waals surface area (Å²) < 4.78 is 1.76. The number of carbonyl (C=O) groups is 1. The number of benzene rings is 2. The SMILES string of the molecule is Nc1nc(C(=O)Nc2cc3ccccc3c(CNc3cccc(Br)c3)n2)nc2ccsc12. The average Bonchev–Trinajstić information content (AvgIpc) is 3.27. The van der Waals surface area contributed by atoms with E-state index in [9.17, 15) is 4.79 Å². The minimum Gasteiger partial charge on any atom is -0.382 e. The van der Waals surface area contributed by atoms with Crippen LogP contribution in [0.1, 0.15) is 16.3 Å². The van der Waals surface area contributed by atoms with Gasteiger partial charge in [-0.3, -0.25) is 4.79 Å². The van der Waals surface area contributed by atoms with Crippen LogP contribution in [0.2, 0.25) is 0 Å². The molecule has 0 spiro atoms. The van der Waals surface area contributed by atoms with Gasteiger partial charge in [-0.2, -0.15) is 0 Å². The second kappa shape index (κ2) is 8.52. The van der Waals surface area contributed by atoms with E-state index in [4.69, 9.17) is 5.73 Å². The van der Waals surface area contributed by atoms with Crippen LogP contribution in [0.25, 0.3) is 21.0 Å². The molecule has 0 aliphatic carbocycles. The second-order valence-corrected chi connectivity index (χ2v) is 8.89. The Morgan fingerprint density at radius 1 is 1.03 bits per heavy atom. The molecule has 2 aromatic carbocycles. The zero-order valence-electron chi connectivity index (χ0n) is 16.7. The van der Waals surface area contributed by atoms with Crippen molar-refractivity contribution in [2.45, 2.75) is 6.54 Å². The molecule has 0 saturated heterocycles. The van der Waals surface area contributed by atoms with Gasteiger partial charge in [-0.1, -0.05) is 46.3 Å². The predicted octanol–water partition coefficient (Wildman–Crippen LogP) is 5.45. The topological polar surface area (TPSA) is 106 Å². The van der Waals surface area contributed by atoms with Gasteiger partial charge in [-0.05, 0) is 41.1 Å². The van der Waals surface area contributed by atoms with Crippen molar-refractivity contribution in [3.05, 3.63) is 82.0 Å². The Balaban J connectivity index is 1.45. The van der Waals surface area contributed by atoms with Crippen LogP contribution in [-0.2, 0) is 6.54 Å². The molecule has 1 amide bonds. The number of rotatable bonds is 5. The number of amides is 1. The van der Waals surface area contributed by atoms with Crippen LogP contribution >= 0.6 is 27.3 Å². The van der Waals surface area contributed by atoms with E-state index in [1.165, 1.54) is 11.3 Å². The summed E-state index contributed by atoms with van der Waals surface area (Å²) in [7, 11) is 0. The fourth-order valence-electron chi connectivity index (χ4n) is 3.41. The van der Waals surface area contributed by atoms with E-state index >= 15 is 0 Å². The van der Waals surface area contributed by atoms with E-state index in [1.807, 2.05) is 66.0 Å². The van der Waals surface area contributed by atoms with Crippen molar-refractivity contribution in [3.8, 4) is 0 Å². The summed E-state index contributed by atoms with van der Waals surface area (Å²) in [6, 6.07) is 19.5. The number of aromatic nitrogens is 3. The molecule has 158 valence electrons. The summed E-state index contributed by atoms with van der Waals surface area (Å²) in [4.78, 5) is 26.0. The van der Waals surface area contributed by atoms with E-state index in [1.54, 1.807) is 0 Å². The van der Waals surface area contributed by atoms with E-state index in [0.29, 0.717) is 23.7 Å². The Bertz CT molecular complexity index is 1470. The van der Waals surface area contributed by atoms with Gasteiger partial charge in [0.1, 0.15) is 11.6 Å².